The number of fused-ring (bicyclic) bond motifs is 1. The standard InChI is InChI=1S/C10H10O4/c1-6-4-3-5-7-8(6)14-10(13-7)9(11)12-2/h3-5,10H,1-2H3. The smallest absolute Gasteiger partial charge is 0.389 e. The van der Waals surface area contributed by atoms with Gasteiger partial charge in [0, 0.05) is 0 Å². The molecule has 0 radical (unpaired) electrons. The average molecular weight is 194 g/mol. The summed E-state index contributed by atoms with van der Waals surface area (Å²) in [5.41, 5.74) is 0.939. The molecule has 1 heterocycles. The van der Waals surface area contributed by atoms with Gasteiger partial charge in [-0.05, 0) is 18.6 Å². The fourth-order valence-electron chi connectivity index (χ4n) is 1.31. The summed E-state index contributed by atoms with van der Waals surface area (Å²) >= 11 is 0. The van der Waals surface area contributed by atoms with E-state index in [1.54, 1.807) is 6.07 Å². The van der Waals surface area contributed by atoms with Gasteiger partial charge in [-0.25, -0.2) is 4.79 Å². The van der Waals surface area contributed by atoms with Gasteiger partial charge < -0.3 is 14.2 Å². The molecular weight excluding hydrogens is 184 g/mol. The van der Waals surface area contributed by atoms with Crippen molar-refractivity contribution in [3.63, 3.8) is 0 Å². The number of hydrogen-bond acceptors (Lipinski definition) is 4. The summed E-state index contributed by atoms with van der Waals surface area (Å²) in [5, 5.41) is 0. The van der Waals surface area contributed by atoms with Gasteiger partial charge in [0.05, 0.1) is 7.11 Å². The molecular formula is C10H10O4. The molecule has 0 spiro atoms. The van der Waals surface area contributed by atoms with Crippen molar-refractivity contribution >= 4 is 5.97 Å². The highest BCUT2D eigenvalue weighted by Crippen LogP contribution is 2.37. The maximum Gasteiger partial charge on any atom is 0.389 e. The molecule has 2 rings (SSSR count). The second kappa shape index (κ2) is 3.21. The van der Waals surface area contributed by atoms with Gasteiger partial charge in [-0.2, -0.15) is 0 Å². The molecule has 0 bridgehead atoms. The number of esters is 1. The zero-order valence-electron chi connectivity index (χ0n) is 7.94. The van der Waals surface area contributed by atoms with Crippen LogP contribution in [0, 0.1) is 6.92 Å². The first-order chi connectivity index (χ1) is 6.72. The highest BCUT2D eigenvalue weighted by Gasteiger charge is 2.32. The predicted molar refractivity (Wildman–Crippen MR) is 48.2 cm³/mol. The molecule has 0 aliphatic carbocycles. The molecule has 14 heavy (non-hydrogen) atoms. The Kier molecular flexibility index (Phi) is 2.04. The topological polar surface area (TPSA) is 44.8 Å². The van der Waals surface area contributed by atoms with E-state index in [4.69, 9.17) is 9.47 Å². The first kappa shape index (κ1) is 8.87. The van der Waals surface area contributed by atoms with E-state index in [2.05, 4.69) is 4.74 Å². The van der Waals surface area contributed by atoms with Gasteiger partial charge in [-0.15, -0.1) is 0 Å². The summed E-state index contributed by atoms with van der Waals surface area (Å²) in [5.74, 6) is 0.670. The lowest BCUT2D eigenvalue weighted by Crippen LogP contribution is -2.30. The zero-order chi connectivity index (χ0) is 10.1. The lowest BCUT2D eigenvalue weighted by molar-refractivity contribution is -0.158. The first-order valence-electron chi connectivity index (χ1n) is 4.23. The van der Waals surface area contributed by atoms with Crippen LogP contribution in [0.15, 0.2) is 18.2 Å². The minimum absolute atomic E-state index is 0.527. The number of methoxy groups -OCH3 is 1. The molecule has 0 aromatic heterocycles. The van der Waals surface area contributed by atoms with Gasteiger partial charge in [-0.1, -0.05) is 12.1 Å². The van der Waals surface area contributed by atoms with Gasteiger partial charge >= 0.3 is 12.3 Å². The average Bonchev–Trinajstić information content (AvgIpc) is 2.62. The van der Waals surface area contributed by atoms with Crippen LogP contribution in [-0.4, -0.2) is 19.4 Å². The SMILES string of the molecule is COC(=O)C1Oc2cccc(C)c2O1. The highest BCUT2D eigenvalue weighted by atomic mass is 16.7. The van der Waals surface area contributed by atoms with E-state index in [1.807, 2.05) is 19.1 Å². The Labute approximate surface area is 81.4 Å². The Bertz CT molecular complexity index is 372. The lowest BCUT2D eigenvalue weighted by Gasteiger charge is -2.06. The van der Waals surface area contributed by atoms with Crippen molar-refractivity contribution in [3.05, 3.63) is 23.8 Å². The van der Waals surface area contributed by atoms with E-state index < -0.39 is 12.3 Å². The van der Waals surface area contributed by atoms with Gasteiger partial charge in [0.2, 0.25) is 0 Å². The Balaban J connectivity index is 2.26. The molecule has 0 N–H and O–H groups in total. The van der Waals surface area contributed by atoms with Crippen LogP contribution in [0.25, 0.3) is 0 Å². The molecule has 1 aromatic carbocycles. The quantitative estimate of drug-likeness (QED) is 0.631. The Morgan fingerprint density at radius 3 is 2.86 bits per heavy atom. The van der Waals surface area contributed by atoms with Crippen LogP contribution in [0.2, 0.25) is 0 Å². The van der Waals surface area contributed by atoms with Gasteiger partial charge in [-0.3, -0.25) is 0 Å². The summed E-state index contributed by atoms with van der Waals surface area (Å²) in [7, 11) is 1.30. The molecule has 4 nitrogen and oxygen atoms in total. The Morgan fingerprint density at radius 1 is 1.43 bits per heavy atom. The summed E-state index contributed by atoms with van der Waals surface area (Å²) in [6.45, 7) is 1.89. The summed E-state index contributed by atoms with van der Waals surface area (Å²) < 4.78 is 15.1. The van der Waals surface area contributed by atoms with Crippen LogP contribution in [0.1, 0.15) is 5.56 Å². The first-order valence-corrected chi connectivity index (χ1v) is 4.23. The minimum atomic E-state index is -0.962. The zero-order valence-corrected chi connectivity index (χ0v) is 7.94. The minimum Gasteiger partial charge on any atom is -0.463 e. The van der Waals surface area contributed by atoms with Gasteiger partial charge in [0.15, 0.2) is 11.5 Å². The number of benzene rings is 1. The van der Waals surface area contributed by atoms with E-state index in [9.17, 15) is 4.79 Å². The molecule has 1 aliphatic rings. The van der Waals surface area contributed by atoms with E-state index in [0.717, 1.165) is 5.56 Å². The number of carbonyl (C=O) groups excluding carboxylic acids is 1. The van der Waals surface area contributed by atoms with Crippen molar-refractivity contribution in [1.82, 2.24) is 0 Å². The van der Waals surface area contributed by atoms with E-state index in [1.165, 1.54) is 7.11 Å². The molecule has 74 valence electrons. The summed E-state index contributed by atoms with van der Waals surface area (Å²) in [4.78, 5) is 11.1. The molecule has 0 amide bonds. The molecule has 0 saturated carbocycles. The molecule has 1 aromatic rings. The van der Waals surface area contributed by atoms with Crippen molar-refractivity contribution in [2.24, 2.45) is 0 Å². The lowest BCUT2D eigenvalue weighted by atomic mass is 10.2. The van der Waals surface area contributed by atoms with Crippen LogP contribution < -0.4 is 9.47 Å². The second-order valence-electron chi connectivity index (χ2n) is 2.99. The second-order valence-corrected chi connectivity index (χ2v) is 2.99. The number of ether oxygens (including phenoxy) is 3. The van der Waals surface area contributed by atoms with E-state index >= 15 is 0 Å². The molecule has 0 fully saturated rings. The number of para-hydroxylation sites is 1. The third-order valence-electron chi connectivity index (χ3n) is 2.03. The van der Waals surface area contributed by atoms with Gasteiger partial charge in [0.25, 0.3) is 0 Å². The van der Waals surface area contributed by atoms with E-state index in [-0.39, 0.29) is 0 Å². The number of carbonyl (C=O) groups is 1. The fraction of sp³-hybridized carbons (Fsp3) is 0.300. The largest absolute Gasteiger partial charge is 0.463 e. The molecule has 1 aliphatic heterocycles. The van der Waals surface area contributed by atoms with Crippen LogP contribution in [0.3, 0.4) is 0 Å². The Hall–Kier alpha value is -1.71. The molecule has 0 saturated heterocycles. The van der Waals surface area contributed by atoms with Gasteiger partial charge in [0.1, 0.15) is 0 Å². The van der Waals surface area contributed by atoms with Crippen molar-refractivity contribution < 1.29 is 19.0 Å². The summed E-state index contributed by atoms with van der Waals surface area (Å²) in [6.07, 6.45) is -0.962. The highest BCUT2D eigenvalue weighted by molar-refractivity contribution is 5.75. The maximum atomic E-state index is 11.1. The van der Waals surface area contributed by atoms with Crippen LogP contribution >= 0.6 is 0 Å². The Morgan fingerprint density at radius 2 is 2.21 bits per heavy atom. The molecule has 4 heteroatoms. The maximum absolute atomic E-state index is 11.1. The van der Waals surface area contributed by atoms with Crippen LogP contribution in [0.4, 0.5) is 0 Å². The number of aryl methyl sites for hydroxylation is 1. The van der Waals surface area contributed by atoms with Crippen LogP contribution in [-0.2, 0) is 9.53 Å². The van der Waals surface area contributed by atoms with Crippen molar-refractivity contribution in [2.75, 3.05) is 7.11 Å². The molecule has 1 unspecified atom stereocenters. The third kappa shape index (κ3) is 1.28. The van der Waals surface area contributed by atoms with Crippen molar-refractivity contribution in [2.45, 2.75) is 13.2 Å². The van der Waals surface area contributed by atoms with Crippen molar-refractivity contribution in [1.29, 1.82) is 0 Å². The number of hydrogen-bond donors (Lipinski definition) is 0. The molecule has 1 atom stereocenters. The summed E-state index contributed by atoms with van der Waals surface area (Å²) in [6, 6.07) is 5.49. The predicted octanol–water partition coefficient (Wildman–Crippen LogP) is 1.27. The fourth-order valence-corrected chi connectivity index (χ4v) is 1.31. The normalized spacial score (nSPS) is 18.0. The van der Waals surface area contributed by atoms with Crippen LogP contribution in [0.5, 0.6) is 11.5 Å². The van der Waals surface area contributed by atoms with E-state index in [0.29, 0.717) is 11.5 Å². The van der Waals surface area contributed by atoms with Crippen molar-refractivity contribution in [3.8, 4) is 11.5 Å². The number of rotatable bonds is 1. The third-order valence-corrected chi connectivity index (χ3v) is 2.03. The monoisotopic (exact) mass is 194 g/mol.